The Hall–Kier alpha value is -2.34. The summed E-state index contributed by atoms with van der Waals surface area (Å²) in [6.07, 6.45) is 5.22. The molecule has 0 N–H and O–H groups in total. The highest BCUT2D eigenvalue weighted by molar-refractivity contribution is 6.30. The standard InChI is InChI=1S/C24H23ClN2O3/c1-28-20-6-3-2-5-19(20)27-23(15-9-11-16(25)12-10-15)17-13-24(14-18(17)26-27)29-21-7-4-8-22(21)30-24/h2-3,5-6,9-12,21-22H,4,7-8,13-14H2,1H3/t21-,22+,24?. The van der Waals surface area contributed by atoms with Crippen LogP contribution in [-0.4, -0.2) is 34.9 Å². The predicted octanol–water partition coefficient (Wildman–Crippen LogP) is 4.96. The lowest BCUT2D eigenvalue weighted by molar-refractivity contribution is -0.171. The maximum absolute atomic E-state index is 6.46. The Labute approximate surface area is 180 Å². The molecule has 1 unspecified atom stereocenters. The highest BCUT2D eigenvalue weighted by Gasteiger charge is 2.54. The molecule has 1 aliphatic heterocycles. The van der Waals surface area contributed by atoms with Gasteiger partial charge < -0.3 is 14.2 Å². The van der Waals surface area contributed by atoms with Gasteiger partial charge in [-0.05, 0) is 43.5 Å². The first-order chi connectivity index (χ1) is 14.7. The fourth-order valence-corrected chi connectivity index (χ4v) is 5.33. The van der Waals surface area contributed by atoms with Crippen LogP contribution in [0.3, 0.4) is 0 Å². The van der Waals surface area contributed by atoms with E-state index in [0.717, 1.165) is 41.2 Å². The lowest BCUT2D eigenvalue weighted by Crippen LogP contribution is -2.33. The molecule has 5 nitrogen and oxygen atoms in total. The zero-order valence-corrected chi connectivity index (χ0v) is 17.6. The first-order valence-corrected chi connectivity index (χ1v) is 10.9. The molecular weight excluding hydrogens is 400 g/mol. The third kappa shape index (κ3) is 2.80. The van der Waals surface area contributed by atoms with Crippen LogP contribution < -0.4 is 4.74 Å². The predicted molar refractivity (Wildman–Crippen MR) is 114 cm³/mol. The molecule has 3 atom stereocenters. The van der Waals surface area contributed by atoms with Gasteiger partial charge in [0, 0.05) is 29.0 Å². The van der Waals surface area contributed by atoms with Crippen molar-refractivity contribution in [2.45, 2.75) is 50.1 Å². The van der Waals surface area contributed by atoms with Crippen molar-refractivity contribution in [2.24, 2.45) is 0 Å². The van der Waals surface area contributed by atoms with Crippen LogP contribution in [-0.2, 0) is 22.3 Å². The second-order valence-electron chi connectivity index (χ2n) is 8.37. The van der Waals surface area contributed by atoms with Crippen LogP contribution in [0.2, 0.25) is 5.02 Å². The molecule has 3 aliphatic rings. The Morgan fingerprint density at radius 3 is 2.50 bits per heavy atom. The van der Waals surface area contributed by atoms with E-state index >= 15 is 0 Å². The zero-order valence-electron chi connectivity index (χ0n) is 16.8. The van der Waals surface area contributed by atoms with Gasteiger partial charge in [-0.2, -0.15) is 5.10 Å². The summed E-state index contributed by atoms with van der Waals surface area (Å²) < 4.78 is 20.5. The summed E-state index contributed by atoms with van der Waals surface area (Å²) in [5, 5.41) is 5.74. The molecule has 3 aromatic rings. The Morgan fingerprint density at radius 2 is 1.77 bits per heavy atom. The second-order valence-corrected chi connectivity index (χ2v) is 8.81. The molecule has 0 radical (unpaired) electrons. The van der Waals surface area contributed by atoms with E-state index in [1.54, 1.807) is 7.11 Å². The Bertz CT molecular complexity index is 1100. The highest BCUT2D eigenvalue weighted by atomic mass is 35.5. The maximum Gasteiger partial charge on any atom is 0.178 e. The minimum Gasteiger partial charge on any atom is -0.494 e. The summed E-state index contributed by atoms with van der Waals surface area (Å²) in [5.74, 6) is 0.223. The molecule has 6 rings (SSSR count). The molecule has 2 aromatic carbocycles. The molecule has 0 bridgehead atoms. The Balaban J connectivity index is 1.47. The van der Waals surface area contributed by atoms with Gasteiger partial charge in [0.15, 0.2) is 5.79 Å². The molecule has 1 saturated carbocycles. The van der Waals surface area contributed by atoms with E-state index in [1.807, 2.05) is 53.2 Å². The molecule has 2 aliphatic carbocycles. The summed E-state index contributed by atoms with van der Waals surface area (Å²) in [6.45, 7) is 0. The number of aromatic nitrogens is 2. The van der Waals surface area contributed by atoms with E-state index in [4.69, 9.17) is 30.9 Å². The van der Waals surface area contributed by atoms with Crippen LogP contribution >= 0.6 is 11.6 Å². The van der Waals surface area contributed by atoms with Gasteiger partial charge in [-0.3, -0.25) is 0 Å². The SMILES string of the molecule is COc1ccccc1-n1nc2c(c1-c1ccc(Cl)cc1)CC1(C2)O[C@H]2CCC[C@H]2O1. The normalized spacial score (nSPS) is 26.9. The van der Waals surface area contributed by atoms with E-state index < -0.39 is 5.79 Å². The number of methoxy groups -OCH3 is 1. The molecule has 1 aromatic heterocycles. The smallest absolute Gasteiger partial charge is 0.178 e. The van der Waals surface area contributed by atoms with Crippen LogP contribution in [0.1, 0.15) is 30.5 Å². The maximum atomic E-state index is 6.46. The van der Waals surface area contributed by atoms with Crippen molar-refractivity contribution in [1.29, 1.82) is 0 Å². The summed E-state index contributed by atoms with van der Waals surface area (Å²) in [5.41, 5.74) is 5.24. The summed E-state index contributed by atoms with van der Waals surface area (Å²) >= 11 is 6.17. The second kappa shape index (κ2) is 6.84. The molecular formula is C24H23ClN2O3. The number of hydrogen-bond acceptors (Lipinski definition) is 4. The number of para-hydroxylation sites is 2. The zero-order chi connectivity index (χ0) is 20.3. The lowest BCUT2D eigenvalue weighted by atomic mass is 10.0. The minimum atomic E-state index is -0.561. The topological polar surface area (TPSA) is 45.5 Å². The van der Waals surface area contributed by atoms with Crippen molar-refractivity contribution < 1.29 is 14.2 Å². The van der Waals surface area contributed by atoms with Gasteiger partial charge in [-0.25, -0.2) is 4.68 Å². The third-order valence-corrected chi connectivity index (χ3v) is 6.76. The fraction of sp³-hybridized carbons (Fsp3) is 0.375. The van der Waals surface area contributed by atoms with Gasteiger partial charge >= 0.3 is 0 Å². The minimum absolute atomic E-state index is 0.231. The lowest BCUT2D eigenvalue weighted by Gasteiger charge is -2.24. The van der Waals surface area contributed by atoms with E-state index in [0.29, 0.717) is 17.9 Å². The number of hydrogen-bond donors (Lipinski definition) is 0. The Morgan fingerprint density at radius 1 is 1.03 bits per heavy atom. The molecule has 0 amide bonds. The van der Waals surface area contributed by atoms with Crippen LogP contribution in [0.5, 0.6) is 5.75 Å². The van der Waals surface area contributed by atoms with E-state index in [1.165, 1.54) is 12.0 Å². The van der Waals surface area contributed by atoms with Gasteiger partial charge in [-0.1, -0.05) is 35.9 Å². The van der Waals surface area contributed by atoms with Crippen molar-refractivity contribution in [3.63, 3.8) is 0 Å². The summed E-state index contributed by atoms with van der Waals surface area (Å²) in [4.78, 5) is 0. The van der Waals surface area contributed by atoms with E-state index in [9.17, 15) is 0 Å². The van der Waals surface area contributed by atoms with Crippen LogP contribution in [0.4, 0.5) is 0 Å². The van der Waals surface area contributed by atoms with E-state index in [-0.39, 0.29) is 12.2 Å². The summed E-state index contributed by atoms with van der Waals surface area (Å²) in [6, 6.07) is 15.9. The molecule has 6 heteroatoms. The molecule has 2 fully saturated rings. The van der Waals surface area contributed by atoms with Crippen molar-refractivity contribution >= 4 is 11.6 Å². The molecule has 1 spiro atoms. The van der Waals surface area contributed by atoms with Gasteiger partial charge in [0.2, 0.25) is 0 Å². The Kier molecular flexibility index (Phi) is 4.20. The van der Waals surface area contributed by atoms with Gasteiger partial charge in [0.25, 0.3) is 0 Å². The van der Waals surface area contributed by atoms with Crippen LogP contribution in [0.25, 0.3) is 16.9 Å². The number of fused-ring (bicyclic) bond motifs is 2. The van der Waals surface area contributed by atoms with Gasteiger partial charge in [0.05, 0.1) is 30.7 Å². The fourth-order valence-electron chi connectivity index (χ4n) is 5.20. The van der Waals surface area contributed by atoms with Gasteiger partial charge in [-0.15, -0.1) is 0 Å². The van der Waals surface area contributed by atoms with Gasteiger partial charge in [0.1, 0.15) is 11.4 Å². The number of benzene rings is 2. The monoisotopic (exact) mass is 422 g/mol. The molecule has 30 heavy (non-hydrogen) atoms. The largest absolute Gasteiger partial charge is 0.494 e. The van der Waals surface area contributed by atoms with Crippen molar-refractivity contribution in [3.05, 3.63) is 64.8 Å². The first kappa shape index (κ1) is 18.4. The quantitative estimate of drug-likeness (QED) is 0.598. The van der Waals surface area contributed by atoms with Crippen molar-refractivity contribution in [3.8, 4) is 22.7 Å². The highest BCUT2D eigenvalue weighted by Crippen LogP contribution is 2.48. The average Bonchev–Trinajstić information content (AvgIpc) is 3.48. The number of rotatable bonds is 3. The molecule has 2 heterocycles. The first-order valence-electron chi connectivity index (χ1n) is 10.5. The van der Waals surface area contributed by atoms with Crippen molar-refractivity contribution in [1.82, 2.24) is 9.78 Å². The number of ether oxygens (including phenoxy) is 3. The van der Waals surface area contributed by atoms with Crippen LogP contribution in [0, 0.1) is 0 Å². The molecule has 1 saturated heterocycles. The summed E-state index contributed by atoms with van der Waals surface area (Å²) in [7, 11) is 1.69. The average molecular weight is 423 g/mol. The number of nitrogens with zero attached hydrogens (tertiary/aromatic N) is 2. The van der Waals surface area contributed by atoms with E-state index in [2.05, 4.69) is 0 Å². The molecule has 154 valence electrons. The number of halogens is 1. The third-order valence-electron chi connectivity index (χ3n) is 6.50. The van der Waals surface area contributed by atoms with Crippen molar-refractivity contribution in [2.75, 3.05) is 7.11 Å². The van der Waals surface area contributed by atoms with Crippen LogP contribution in [0.15, 0.2) is 48.5 Å².